The van der Waals surface area contributed by atoms with Crippen molar-refractivity contribution in [3.63, 3.8) is 0 Å². The molecule has 5 heteroatoms. The maximum absolute atomic E-state index is 13.1. The van der Waals surface area contributed by atoms with Crippen LogP contribution in [0.3, 0.4) is 0 Å². The molecule has 148 valence electrons. The van der Waals surface area contributed by atoms with Gasteiger partial charge in [0.25, 0.3) is 0 Å². The average molecular weight is 443 g/mol. The Bertz CT molecular complexity index is 839. The molecule has 0 aromatic heterocycles. The minimum atomic E-state index is -0.737. The lowest BCUT2D eigenvalue weighted by Gasteiger charge is -2.40. The number of halogens is 1. The zero-order chi connectivity index (χ0) is 19.5. The van der Waals surface area contributed by atoms with Crippen LogP contribution in [0.4, 0.5) is 0 Å². The molecular formula is C23H27BrN2O2. The summed E-state index contributed by atoms with van der Waals surface area (Å²) in [6.45, 7) is 0.529. The molecule has 0 unspecified atom stereocenters. The number of hydrogen-bond donors (Lipinski definition) is 2. The first-order valence-electron chi connectivity index (χ1n) is 10.5. The lowest BCUT2D eigenvalue weighted by molar-refractivity contribution is -0.128. The van der Waals surface area contributed by atoms with E-state index < -0.39 is 5.41 Å². The molecule has 4 atom stereocenters. The second-order valence-electron chi connectivity index (χ2n) is 9.19. The summed E-state index contributed by atoms with van der Waals surface area (Å²) >= 11 is 3.50. The van der Waals surface area contributed by atoms with Gasteiger partial charge in [-0.3, -0.25) is 9.59 Å². The first-order chi connectivity index (χ1) is 13.5. The molecule has 0 radical (unpaired) electrons. The molecule has 3 N–H and O–H groups in total. The summed E-state index contributed by atoms with van der Waals surface area (Å²) in [5.74, 6) is 0.518. The van der Waals surface area contributed by atoms with E-state index >= 15 is 0 Å². The number of primary amides is 1. The van der Waals surface area contributed by atoms with Gasteiger partial charge in [0.05, 0.1) is 5.41 Å². The first-order valence-corrected chi connectivity index (χ1v) is 11.3. The SMILES string of the molecule is NC(=O)[C@@]1(c2ccc(Br)cc2)[C@H](CNC(=O)C2CCCC2)[C@H]2C=C[C@H]1C21CC1. The maximum atomic E-state index is 13.1. The van der Waals surface area contributed by atoms with Crippen LogP contribution in [0.5, 0.6) is 0 Å². The maximum Gasteiger partial charge on any atom is 0.229 e. The molecule has 2 amide bonds. The molecule has 1 aromatic rings. The van der Waals surface area contributed by atoms with Crippen molar-refractivity contribution in [2.24, 2.45) is 34.8 Å². The van der Waals surface area contributed by atoms with E-state index in [1.807, 2.05) is 24.3 Å². The van der Waals surface area contributed by atoms with Crippen molar-refractivity contribution in [3.05, 3.63) is 46.5 Å². The number of rotatable bonds is 5. The van der Waals surface area contributed by atoms with Crippen LogP contribution >= 0.6 is 15.9 Å². The Balaban J connectivity index is 1.51. The number of carbonyl (C=O) groups excluding carboxylic acids is 2. The number of allylic oxidation sites excluding steroid dienone is 2. The van der Waals surface area contributed by atoms with Crippen LogP contribution in [-0.4, -0.2) is 18.4 Å². The van der Waals surface area contributed by atoms with E-state index in [2.05, 4.69) is 33.4 Å². The number of nitrogens with one attached hydrogen (secondary N) is 1. The zero-order valence-corrected chi connectivity index (χ0v) is 17.6. The van der Waals surface area contributed by atoms with Crippen molar-refractivity contribution in [1.82, 2.24) is 5.32 Å². The molecule has 4 nitrogen and oxygen atoms in total. The summed E-state index contributed by atoms with van der Waals surface area (Å²) in [5, 5.41) is 3.22. The lowest BCUT2D eigenvalue weighted by Crippen LogP contribution is -2.53. The van der Waals surface area contributed by atoms with Crippen LogP contribution in [-0.2, 0) is 15.0 Å². The van der Waals surface area contributed by atoms with Crippen LogP contribution in [0.2, 0.25) is 0 Å². The summed E-state index contributed by atoms with van der Waals surface area (Å²) in [4.78, 5) is 25.8. The van der Waals surface area contributed by atoms with E-state index in [1.165, 1.54) is 0 Å². The van der Waals surface area contributed by atoms with Gasteiger partial charge in [0.15, 0.2) is 0 Å². The van der Waals surface area contributed by atoms with Gasteiger partial charge in [0.2, 0.25) is 11.8 Å². The smallest absolute Gasteiger partial charge is 0.229 e. The second-order valence-corrected chi connectivity index (χ2v) is 10.1. The Morgan fingerprint density at radius 1 is 1.11 bits per heavy atom. The van der Waals surface area contributed by atoms with Gasteiger partial charge in [-0.2, -0.15) is 0 Å². The van der Waals surface area contributed by atoms with Gasteiger partial charge in [-0.1, -0.05) is 53.1 Å². The summed E-state index contributed by atoms with van der Waals surface area (Å²) in [6, 6.07) is 8.05. The Kier molecular flexibility index (Phi) is 4.24. The topological polar surface area (TPSA) is 72.2 Å². The molecule has 3 saturated carbocycles. The van der Waals surface area contributed by atoms with E-state index in [0.717, 1.165) is 48.6 Å². The Labute approximate surface area is 174 Å². The molecular weight excluding hydrogens is 416 g/mol. The third-order valence-electron chi connectivity index (χ3n) is 8.08. The average Bonchev–Trinajstić information content (AvgIpc) is 3.05. The third kappa shape index (κ3) is 2.41. The van der Waals surface area contributed by atoms with Crippen LogP contribution < -0.4 is 11.1 Å². The van der Waals surface area contributed by atoms with Crippen molar-refractivity contribution >= 4 is 27.7 Å². The molecule has 2 bridgehead atoms. The molecule has 0 heterocycles. The molecule has 4 aliphatic rings. The third-order valence-corrected chi connectivity index (χ3v) is 8.61. The van der Waals surface area contributed by atoms with Crippen molar-refractivity contribution in [2.45, 2.75) is 43.9 Å². The largest absolute Gasteiger partial charge is 0.369 e. The normalized spacial score (nSPS) is 34.8. The number of carbonyl (C=O) groups is 2. The fraction of sp³-hybridized carbons (Fsp3) is 0.565. The molecule has 4 aliphatic carbocycles. The molecule has 1 spiro atoms. The molecule has 1 aromatic carbocycles. The summed E-state index contributed by atoms with van der Waals surface area (Å²) < 4.78 is 0.988. The Morgan fingerprint density at radius 3 is 2.39 bits per heavy atom. The summed E-state index contributed by atoms with van der Waals surface area (Å²) in [7, 11) is 0. The van der Waals surface area contributed by atoms with E-state index in [1.54, 1.807) is 0 Å². The standard InChI is InChI=1S/C23H27BrN2O2/c24-16-7-5-15(6-8-16)23(21(25)28)18(13-26-20(27)14-3-1-2-4-14)17-9-10-19(23)22(17)11-12-22/h5-10,14,17-19H,1-4,11-13H2,(H2,25,28)(H,26,27)/t17-,18-,19+,23+/m1/s1. The molecule has 28 heavy (non-hydrogen) atoms. The number of amides is 2. The fourth-order valence-corrected chi connectivity index (χ4v) is 6.96. The Hall–Kier alpha value is -1.62. The van der Waals surface area contributed by atoms with Crippen molar-refractivity contribution in [3.8, 4) is 0 Å². The molecule has 3 fully saturated rings. The lowest BCUT2D eigenvalue weighted by atomic mass is 9.63. The van der Waals surface area contributed by atoms with Gasteiger partial charge in [-0.25, -0.2) is 0 Å². The molecule has 0 saturated heterocycles. The minimum absolute atomic E-state index is 0.0222. The van der Waals surface area contributed by atoms with E-state index in [-0.39, 0.29) is 35.0 Å². The number of nitrogens with two attached hydrogens (primary N) is 1. The predicted octanol–water partition coefficient (Wildman–Crippen LogP) is 3.69. The van der Waals surface area contributed by atoms with E-state index in [4.69, 9.17) is 5.73 Å². The highest BCUT2D eigenvalue weighted by molar-refractivity contribution is 9.10. The highest BCUT2D eigenvalue weighted by Crippen LogP contribution is 2.75. The fourth-order valence-electron chi connectivity index (χ4n) is 6.69. The van der Waals surface area contributed by atoms with Crippen molar-refractivity contribution in [2.75, 3.05) is 6.54 Å². The summed E-state index contributed by atoms with van der Waals surface area (Å²) in [5.41, 5.74) is 6.59. The van der Waals surface area contributed by atoms with Crippen molar-refractivity contribution < 1.29 is 9.59 Å². The van der Waals surface area contributed by atoms with Crippen LogP contribution in [0, 0.1) is 29.1 Å². The summed E-state index contributed by atoms with van der Waals surface area (Å²) in [6.07, 6.45) is 11.1. The number of benzene rings is 1. The molecule has 5 rings (SSSR count). The zero-order valence-electron chi connectivity index (χ0n) is 16.0. The predicted molar refractivity (Wildman–Crippen MR) is 111 cm³/mol. The van der Waals surface area contributed by atoms with Crippen LogP contribution in [0.15, 0.2) is 40.9 Å². The number of hydrogen-bond acceptors (Lipinski definition) is 2. The monoisotopic (exact) mass is 442 g/mol. The van der Waals surface area contributed by atoms with E-state index in [0.29, 0.717) is 12.5 Å². The minimum Gasteiger partial charge on any atom is -0.369 e. The van der Waals surface area contributed by atoms with Gasteiger partial charge in [-0.05, 0) is 54.7 Å². The van der Waals surface area contributed by atoms with Gasteiger partial charge in [0.1, 0.15) is 0 Å². The Morgan fingerprint density at radius 2 is 1.79 bits per heavy atom. The van der Waals surface area contributed by atoms with Crippen LogP contribution in [0.25, 0.3) is 0 Å². The molecule has 0 aliphatic heterocycles. The van der Waals surface area contributed by atoms with Gasteiger partial charge in [-0.15, -0.1) is 0 Å². The highest BCUT2D eigenvalue weighted by Gasteiger charge is 2.74. The van der Waals surface area contributed by atoms with Gasteiger partial charge >= 0.3 is 0 Å². The van der Waals surface area contributed by atoms with Crippen molar-refractivity contribution in [1.29, 1.82) is 0 Å². The van der Waals surface area contributed by atoms with Gasteiger partial charge in [0, 0.05) is 28.8 Å². The second kappa shape index (κ2) is 6.45. The highest BCUT2D eigenvalue weighted by atomic mass is 79.9. The quantitative estimate of drug-likeness (QED) is 0.682. The van der Waals surface area contributed by atoms with Crippen LogP contribution in [0.1, 0.15) is 44.1 Å². The first kappa shape index (κ1) is 18.4. The van der Waals surface area contributed by atoms with Gasteiger partial charge < -0.3 is 11.1 Å². The van der Waals surface area contributed by atoms with E-state index in [9.17, 15) is 9.59 Å².